The predicted octanol–water partition coefficient (Wildman–Crippen LogP) is 3.40. The van der Waals surface area contributed by atoms with E-state index in [1.807, 2.05) is 0 Å². The fraction of sp³-hybridized carbons (Fsp3) is 0.250. The van der Waals surface area contributed by atoms with E-state index < -0.39 is 13.6 Å². The van der Waals surface area contributed by atoms with Gasteiger partial charge in [-0.3, -0.25) is 0 Å². The molecule has 1 heterocycles. The van der Waals surface area contributed by atoms with Gasteiger partial charge < -0.3 is 0 Å². The van der Waals surface area contributed by atoms with Gasteiger partial charge in [0.15, 0.2) is 0 Å². The fourth-order valence-electron chi connectivity index (χ4n) is 2.84. The molecule has 1 aliphatic heterocycles. The van der Waals surface area contributed by atoms with Crippen molar-refractivity contribution in [2.45, 2.75) is 24.3 Å². The Morgan fingerprint density at radius 3 is 1.89 bits per heavy atom. The Morgan fingerprint density at radius 1 is 0.889 bits per heavy atom. The van der Waals surface area contributed by atoms with Gasteiger partial charge in [-0.15, -0.1) is 0 Å². The van der Waals surface area contributed by atoms with Crippen LogP contribution in [-0.2, 0) is 0 Å². The van der Waals surface area contributed by atoms with E-state index in [0.717, 1.165) is 11.5 Å². The van der Waals surface area contributed by atoms with Crippen LogP contribution in [0.25, 0.3) is 0 Å². The third-order valence-electron chi connectivity index (χ3n) is 3.68. The molecule has 1 radical (unpaired) electrons. The molecule has 0 amide bonds. The Morgan fingerprint density at radius 2 is 1.39 bits per heavy atom. The van der Waals surface area contributed by atoms with Crippen molar-refractivity contribution in [2.75, 3.05) is 0 Å². The van der Waals surface area contributed by atoms with E-state index >= 15 is 0 Å². The number of rotatable bonds is 2. The van der Waals surface area contributed by atoms with Gasteiger partial charge in [0.2, 0.25) is 0 Å². The van der Waals surface area contributed by atoms with Crippen molar-refractivity contribution in [2.24, 2.45) is 0 Å². The summed E-state index contributed by atoms with van der Waals surface area (Å²) in [6.45, 7) is 2.28. The van der Waals surface area contributed by atoms with Crippen LogP contribution in [0.2, 0.25) is 10.9 Å². The molecule has 0 saturated carbocycles. The summed E-state index contributed by atoms with van der Waals surface area (Å²) < 4.78 is 9.03. The molecule has 2 aromatic carbocycles. The monoisotopic (exact) mass is 301 g/mol. The third kappa shape index (κ3) is 1.69. The standard InChI is InChI=1S/C16H18AsO/c1-3-12-17(2)13-8-4-6-10-15(13)18-16-11-7-5-9-14(16)17/h4-11H,3,12H2,1-2H3. The summed E-state index contributed by atoms with van der Waals surface area (Å²) in [6.07, 6.45) is 1.24. The molecule has 3 rings (SSSR count). The summed E-state index contributed by atoms with van der Waals surface area (Å²) in [7, 11) is 0. The van der Waals surface area contributed by atoms with Crippen LogP contribution < -0.4 is 13.4 Å². The zero-order valence-corrected chi connectivity index (χ0v) is 12.8. The maximum atomic E-state index is 6.06. The van der Waals surface area contributed by atoms with E-state index in [0.29, 0.717) is 0 Å². The number of fused-ring (bicyclic) bond motifs is 2. The van der Waals surface area contributed by atoms with Gasteiger partial charge in [-0.1, -0.05) is 0 Å². The van der Waals surface area contributed by atoms with Gasteiger partial charge in [0.1, 0.15) is 0 Å². The zero-order chi connectivity index (χ0) is 12.6. The van der Waals surface area contributed by atoms with Crippen molar-refractivity contribution >= 4 is 22.3 Å². The fourth-order valence-corrected chi connectivity index (χ4v) is 10.6. The SMILES string of the molecule is CCC[As]1(C)c2ccccc2Oc2ccccc21. The molecule has 1 aliphatic rings. The Bertz CT molecular complexity index is 531. The minimum absolute atomic E-state index is 1.08. The van der Waals surface area contributed by atoms with Gasteiger partial charge in [0.25, 0.3) is 0 Å². The van der Waals surface area contributed by atoms with Crippen LogP contribution in [0.1, 0.15) is 13.3 Å². The van der Waals surface area contributed by atoms with Crippen molar-refractivity contribution in [3.8, 4) is 11.5 Å². The van der Waals surface area contributed by atoms with Crippen LogP contribution in [0, 0.1) is 0 Å². The van der Waals surface area contributed by atoms with Gasteiger partial charge in [-0.05, 0) is 0 Å². The average molecular weight is 301 g/mol. The van der Waals surface area contributed by atoms with Crippen LogP contribution in [0.3, 0.4) is 0 Å². The average Bonchev–Trinajstić information content (AvgIpc) is 2.40. The molecular weight excluding hydrogens is 283 g/mol. The second-order valence-corrected chi connectivity index (χ2v) is 12.9. The van der Waals surface area contributed by atoms with E-state index in [1.165, 1.54) is 20.3 Å². The van der Waals surface area contributed by atoms with Gasteiger partial charge in [0, 0.05) is 0 Å². The molecule has 0 aromatic heterocycles. The van der Waals surface area contributed by atoms with Gasteiger partial charge >= 0.3 is 111 Å². The number of benzene rings is 2. The van der Waals surface area contributed by atoms with Crippen LogP contribution in [0.15, 0.2) is 48.5 Å². The van der Waals surface area contributed by atoms with Gasteiger partial charge in [0.05, 0.1) is 0 Å². The molecule has 0 saturated heterocycles. The quantitative estimate of drug-likeness (QED) is 0.773. The summed E-state index contributed by atoms with van der Waals surface area (Å²) in [5, 5.41) is 1.32. The zero-order valence-electron chi connectivity index (χ0n) is 10.9. The maximum absolute atomic E-state index is 6.06. The van der Waals surface area contributed by atoms with Crippen molar-refractivity contribution in [3.05, 3.63) is 48.5 Å². The first-order valence-corrected chi connectivity index (χ1v) is 11.6. The molecular formula is C16H18AsO. The summed E-state index contributed by atoms with van der Waals surface area (Å²) in [5.41, 5.74) is 2.50. The summed E-state index contributed by atoms with van der Waals surface area (Å²) in [5.74, 6) is 2.17. The summed E-state index contributed by atoms with van der Waals surface area (Å²) in [4.78, 5) is 0. The Kier molecular flexibility index (Phi) is 2.95. The second-order valence-electron chi connectivity index (χ2n) is 4.95. The van der Waals surface area contributed by atoms with E-state index in [-0.39, 0.29) is 0 Å². The van der Waals surface area contributed by atoms with Crippen LogP contribution in [0.5, 0.6) is 11.5 Å². The first kappa shape index (κ1) is 11.9. The molecule has 0 atom stereocenters. The molecule has 0 spiro atoms. The van der Waals surface area contributed by atoms with Gasteiger partial charge in [-0.25, -0.2) is 0 Å². The van der Waals surface area contributed by atoms with Crippen LogP contribution in [-0.4, -0.2) is 13.6 Å². The second kappa shape index (κ2) is 4.48. The molecule has 0 aliphatic carbocycles. The minimum atomic E-state index is -2.00. The number of para-hydroxylation sites is 2. The number of hydrogen-bond acceptors (Lipinski definition) is 1. The van der Waals surface area contributed by atoms with Crippen molar-refractivity contribution < 1.29 is 4.74 Å². The van der Waals surface area contributed by atoms with Gasteiger partial charge in [-0.2, -0.15) is 0 Å². The van der Waals surface area contributed by atoms with Crippen molar-refractivity contribution in [1.29, 1.82) is 0 Å². The molecule has 0 unspecified atom stereocenters. The Hall–Kier alpha value is -1.20. The Balaban J connectivity index is 2.24. The van der Waals surface area contributed by atoms with Crippen molar-refractivity contribution in [3.63, 3.8) is 0 Å². The molecule has 18 heavy (non-hydrogen) atoms. The first-order valence-electron chi connectivity index (χ1n) is 6.48. The molecule has 93 valence electrons. The third-order valence-corrected chi connectivity index (χ3v) is 12.5. The van der Waals surface area contributed by atoms with E-state index in [9.17, 15) is 0 Å². The van der Waals surface area contributed by atoms with E-state index in [1.54, 1.807) is 0 Å². The van der Waals surface area contributed by atoms with Crippen LogP contribution >= 0.6 is 0 Å². The van der Waals surface area contributed by atoms with E-state index in [4.69, 9.17) is 4.74 Å². The molecule has 2 aromatic rings. The molecule has 0 N–H and O–H groups in total. The molecule has 1 nitrogen and oxygen atoms in total. The summed E-state index contributed by atoms with van der Waals surface area (Å²) >= 11 is -2.00. The first-order chi connectivity index (χ1) is 8.75. The molecule has 0 bridgehead atoms. The number of ether oxygens (including phenoxy) is 1. The van der Waals surface area contributed by atoms with Crippen molar-refractivity contribution in [1.82, 2.24) is 0 Å². The Labute approximate surface area is 111 Å². The predicted molar refractivity (Wildman–Crippen MR) is 78.9 cm³/mol. The molecule has 2 heteroatoms. The van der Waals surface area contributed by atoms with E-state index in [2.05, 4.69) is 61.2 Å². The topological polar surface area (TPSA) is 9.23 Å². The van der Waals surface area contributed by atoms with Crippen LogP contribution in [0.4, 0.5) is 0 Å². The summed E-state index contributed by atoms with van der Waals surface area (Å²) in [6, 6.07) is 17.2. The molecule has 0 fully saturated rings. The normalized spacial score (nSPS) is 15.4. The number of hydrogen-bond donors (Lipinski definition) is 0.